The second-order valence-electron chi connectivity index (χ2n) is 7.41. The van der Waals surface area contributed by atoms with Crippen LogP contribution in [0.3, 0.4) is 0 Å². The average molecular weight is 436 g/mol. The molecule has 0 saturated carbocycles. The highest BCUT2D eigenvalue weighted by Crippen LogP contribution is 2.30. The first-order chi connectivity index (χ1) is 14.2. The topological polar surface area (TPSA) is 107 Å². The Labute approximate surface area is 177 Å². The lowest BCUT2D eigenvalue weighted by Crippen LogP contribution is -2.40. The van der Waals surface area contributed by atoms with Crippen LogP contribution >= 0.6 is 0 Å². The van der Waals surface area contributed by atoms with Gasteiger partial charge < -0.3 is 4.90 Å². The van der Waals surface area contributed by atoms with Gasteiger partial charge in [-0.3, -0.25) is 14.8 Å². The van der Waals surface area contributed by atoms with Gasteiger partial charge in [-0.1, -0.05) is 50.5 Å². The lowest BCUT2D eigenvalue weighted by Gasteiger charge is -2.20. The van der Waals surface area contributed by atoms with Gasteiger partial charge in [0.1, 0.15) is 0 Å². The van der Waals surface area contributed by atoms with E-state index in [1.54, 1.807) is 18.2 Å². The van der Waals surface area contributed by atoms with Crippen LogP contribution in [0.15, 0.2) is 41.3 Å². The van der Waals surface area contributed by atoms with Crippen molar-refractivity contribution in [3.05, 3.63) is 36.4 Å². The number of nitrogens with zero attached hydrogens (tertiary/aromatic N) is 2. The Balaban J connectivity index is 2.35. The molecule has 9 heteroatoms. The highest BCUT2D eigenvalue weighted by atomic mass is 32.2. The van der Waals surface area contributed by atoms with Gasteiger partial charge in [-0.25, -0.2) is 18.2 Å². The molecular weight excluding hydrogens is 406 g/mol. The first-order valence-electron chi connectivity index (χ1n) is 9.87. The van der Waals surface area contributed by atoms with Crippen LogP contribution in [0, 0.1) is 5.92 Å². The normalized spacial score (nSPS) is 12.4. The van der Waals surface area contributed by atoms with Crippen LogP contribution in [-0.4, -0.2) is 51.6 Å². The third-order valence-electron chi connectivity index (χ3n) is 4.92. The summed E-state index contributed by atoms with van der Waals surface area (Å²) in [5.41, 5.74) is 0.857. The zero-order valence-electron chi connectivity index (χ0n) is 17.5. The molecule has 0 fully saturated rings. The summed E-state index contributed by atoms with van der Waals surface area (Å²) in [7, 11) is -0.419. The number of benzene rings is 2. The fourth-order valence-electron chi connectivity index (χ4n) is 3.37. The lowest BCUT2D eigenvalue weighted by molar-refractivity contribution is -0.154. The van der Waals surface area contributed by atoms with Gasteiger partial charge in [0.2, 0.25) is 12.3 Å². The number of anilines is 1. The molecule has 0 radical (unpaired) electrons. The van der Waals surface area contributed by atoms with Gasteiger partial charge in [0, 0.05) is 30.6 Å². The molecule has 0 aliphatic carbocycles. The Morgan fingerprint density at radius 2 is 1.80 bits per heavy atom. The van der Waals surface area contributed by atoms with Crippen molar-refractivity contribution in [1.29, 1.82) is 0 Å². The molecule has 2 aromatic rings. The van der Waals surface area contributed by atoms with Crippen LogP contribution in [-0.2, 0) is 19.6 Å². The quantitative estimate of drug-likeness (QED) is 0.243. The van der Waals surface area contributed by atoms with Crippen molar-refractivity contribution < 1.29 is 23.2 Å². The zero-order valence-corrected chi connectivity index (χ0v) is 18.4. The first kappa shape index (κ1) is 23.6. The minimum Gasteiger partial charge on any atom is -0.377 e. The number of carbonyl (C=O) groups excluding carboxylic acids is 2. The molecular formula is C21H29N3O5S. The van der Waals surface area contributed by atoms with Crippen molar-refractivity contribution in [3.8, 4) is 0 Å². The molecule has 0 saturated heterocycles. The Morgan fingerprint density at radius 1 is 1.13 bits per heavy atom. The molecule has 0 aromatic heterocycles. The minimum absolute atomic E-state index is 0.000556. The smallest absolute Gasteiger partial charge is 0.264 e. The fourth-order valence-corrected chi connectivity index (χ4v) is 4.64. The summed E-state index contributed by atoms with van der Waals surface area (Å²) in [6.07, 6.45) is 3.03. The van der Waals surface area contributed by atoms with E-state index < -0.39 is 21.8 Å². The molecule has 2 N–H and O–H groups in total. The number of fused-ring (bicyclic) bond motifs is 1. The number of hydrogen-bond acceptors (Lipinski definition) is 6. The van der Waals surface area contributed by atoms with Crippen LogP contribution in [0.1, 0.15) is 32.6 Å². The Kier molecular flexibility index (Phi) is 8.19. The van der Waals surface area contributed by atoms with Gasteiger partial charge in [0.15, 0.2) is 0 Å². The van der Waals surface area contributed by atoms with Gasteiger partial charge >= 0.3 is 0 Å². The minimum atomic E-state index is -4.15. The summed E-state index contributed by atoms with van der Waals surface area (Å²) in [4.78, 5) is 25.4. The van der Waals surface area contributed by atoms with Crippen molar-refractivity contribution >= 4 is 38.8 Å². The molecule has 0 bridgehead atoms. The summed E-state index contributed by atoms with van der Waals surface area (Å²) >= 11 is 0. The Hall–Kier alpha value is -2.65. The third-order valence-corrected chi connectivity index (χ3v) is 6.33. The third kappa shape index (κ3) is 5.70. The van der Waals surface area contributed by atoms with E-state index in [-0.39, 0.29) is 17.9 Å². The predicted molar refractivity (Wildman–Crippen MR) is 116 cm³/mol. The highest BCUT2D eigenvalue weighted by Gasteiger charge is 2.27. The number of carbonyl (C=O) groups is 2. The number of sulfonamides is 1. The monoisotopic (exact) mass is 435 g/mol. The van der Waals surface area contributed by atoms with E-state index in [9.17, 15) is 23.2 Å². The molecule has 2 amide bonds. The van der Waals surface area contributed by atoms with Crippen LogP contribution < -0.4 is 9.62 Å². The molecule has 0 aliphatic rings. The Morgan fingerprint density at radius 3 is 2.43 bits per heavy atom. The van der Waals surface area contributed by atoms with Gasteiger partial charge in [-0.05, 0) is 18.6 Å². The highest BCUT2D eigenvalue weighted by molar-refractivity contribution is 7.90. The molecule has 2 rings (SSSR count). The van der Waals surface area contributed by atoms with Gasteiger partial charge in [0.25, 0.3) is 10.0 Å². The van der Waals surface area contributed by atoms with E-state index in [4.69, 9.17) is 0 Å². The summed E-state index contributed by atoms with van der Waals surface area (Å²) in [6, 6.07) is 10.3. The number of amides is 2. The van der Waals surface area contributed by atoms with E-state index in [2.05, 4.69) is 4.72 Å². The van der Waals surface area contributed by atoms with Crippen molar-refractivity contribution in [2.75, 3.05) is 25.5 Å². The van der Waals surface area contributed by atoms with Gasteiger partial charge in [-0.2, -0.15) is 0 Å². The van der Waals surface area contributed by atoms with Crippen LogP contribution in [0.2, 0.25) is 0 Å². The number of rotatable bonds is 11. The van der Waals surface area contributed by atoms with Gasteiger partial charge in [0.05, 0.1) is 17.4 Å². The van der Waals surface area contributed by atoms with Crippen molar-refractivity contribution in [2.45, 2.75) is 37.5 Å². The summed E-state index contributed by atoms with van der Waals surface area (Å²) < 4.78 is 28.2. The van der Waals surface area contributed by atoms with Crippen molar-refractivity contribution in [3.63, 3.8) is 0 Å². The first-order valence-corrected chi connectivity index (χ1v) is 11.4. The fraction of sp³-hybridized carbons (Fsp3) is 0.429. The van der Waals surface area contributed by atoms with Crippen LogP contribution in [0.25, 0.3) is 10.8 Å². The summed E-state index contributed by atoms with van der Waals surface area (Å²) in [5, 5.41) is 11.1. The SMILES string of the molecule is CCCCC[C@H](CN(O)C=O)C(=O)NS(=O)(=O)c1cccc2c(N(C)C)cccc12. The molecule has 0 spiro atoms. The van der Waals surface area contributed by atoms with Crippen LogP contribution in [0.4, 0.5) is 5.69 Å². The molecule has 0 aliphatic heterocycles. The number of nitrogens with one attached hydrogen (secondary N) is 1. The number of hydroxylamine groups is 2. The molecule has 8 nitrogen and oxygen atoms in total. The zero-order chi connectivity index (χ0) is 22.3. The molecule has 30 heavy (non-hydrogen) atoms. The number of hydrogen-bond donors (Lipinski definition) is 2. The van der Waals surface area contributed by atoms with E-state index in [1.807, 2.05) is 38.1 Å². The molecule has 1 atom stereocenters. The number of unbranched alkanes of at least 4 members (excludes halogenated alkanes) is 2. The molecule has 0 heterocycles. The average Bonchev–Trinajstić information content (AvgIpc) is 2.71. The second-order valence-corrected chi connectivity index (χ2v) is 9.06. The maximum atomic E-state index is 13.0. The maximum Gasteiger partial charge on any atom is 0.264 e. The van der Waals surface area contributed by atoms with Gasteiger partial charge in [-0.15, -0.1) is 0 Å². The second kappa shape index (κ2) is 10.4. The molecule has 2 aromatic carbocycles. The lowest BCUT2D eigenvalue weighted by atomic mass is 10.0. The standard InChI is InChI=1S/C21H29N3O5S/c1-4-5-6-9-16(14-24(27)15-25)21(26)22-30(28,29)20-13-8-10-17-18(20)11-7-12-19(17)23(2)3/h7-8,10-13,15-16,27H,4-6,9,14H2,1-3H3,(H,22,26)/t16-/m1/s1. The summed E-state index contributed by atoms with van der Waals surface area (Å²) in [6.45, 7) is 1.74. The van der Waals surface area contributed by atoms with E-state index >= 15 is 0 Å². The van der Waals surface area contributed by atoms with Crippen molar-refractivity contribution in [2.24, 2.45) is 5.92 Å². The maximum absolute atomic E-state index is 13.0. The Bertz CT molecular complexity index is 991. The summed E-state index contributed by atoms with van der Waals surface area (Å²) in [5.74, 6) is -1.58. The largest absolute Gasteiger partial charge is 0.377 e. The molecule has 164 valence electrons. The van der Waals surface area contributed by atoms with Crippen LogP contribution in [0.5, 0.6) is 0 Å². The predicted octanol–water partition coefficient (Wildman–Crippen LogP) is 2.75. The van der Waals surface area contributed by atoms with E-state index in [0.717, 1.165) is 23.9 Å². The molecule has 0 unspecified atom stereocenters. The van der Waals surface area contributed by atoms with E-state index in [1.165, 1.54) is 6.07 Å². The van der Waals surface area contributed by atoms with Crippen molar-refractivity contribution in [1.82, 2.24) is 9.79 Å². The van der Waals surface area contributed by atoms with E-state index in [0.29, 0.717) is 23.3 Å².